The van der Waals surface area contributed by atoms with Crippen LogP contribution in [-0.4, -0.2) is 22.8 Å². The van der Waals surface area contributed by atoms with Crippen LogP contribution in [0.5, 0.6) is 0 Å². The van der Waals surface area contributed by atoms with Gasteiger partial charge in [-0.3, -0.25) is 4.79 Å². The minimum Gasteiger partial charge on any atom is -0.481 e. The predicted octanol–water partition coefficient (Wildman–Crippen LogP) is 3.08. The monoisotopic (exact) mass is 333 g/mol. The lowest BCUT2D eigenvalue weighted by Gasteiger charge is -2.22. The number of hydrogen-bond donors (Lipinski definition) is 2. The summed E-state index contributed by atoms with van der Waals surface area (Å²) in [5.74, 6) is -0.711. The van der Waals surface area contributed by atoms with E-state index in [9.17, 15) is 9.59 Å². The zero-order chi connectivity index (χ0) is 14.6. The number of carboxylic acid groups (broad SMARTS) is 1. The lowest BCUT2D eigenvalue weighted by atomic mass is 10.1. The Morgan fingerprint density at radius 1 is 1.53 bits per heavy atom. The fraction of sp³-hybridized carbons (Fsp3) is 0.500. The Labute approximate surface area is 119 Å². The number of carboxylic acids is 1. The highest BCUT2D eigenvalue weighted by molar-refractivity contribution is 9.10. The highest BCUT2D eigenvalue weighted by atomic mass is 79.9. The molecule has 1 atom stereocenters. The first-order valence-electron chi connectivity index (χ1n) is 5.63. The second-order valence-electron chi connectivity index (χ2n) is 4.93. The van der Waals surface area contributed by atoms with E-state index >= 15 is 0 Å². The smallest absolute Gasteiger partial charge is 0.408 e. The van der Waals surface area contributed by atoms with Crippen molar-refractivity contribution < 1.29 is 23.8 Å². The van der Waals surface area contributed by atoms with Crippen molar-refractivity contribution in [3.63, 3.8) is 0 Å². The maximum absolute atomic E-state index is 11.7. The van der Waals surface area contributed by atoms with Crippen molar-refractivity contribution in [2.24, 2.45) is 0 Å². The third kappa shape index (κ3) is 5.34. The van der Waals surface area contributed by atoms with Gasteiger partial charge in [0.25, 0.3) is 0 Å². The zero-order valence-electron chi connectivity index (χ0n) is 10.9. The molecule has 1 amide bonds. The Hall–Kier alpha value is -1.50. The summed E-state index contributed by atoms with van der Waals surface area (Å²) in [6, 6.07) is 0.831. The summed E-state index contributed by atoms with van der Waals surface area (Å²) in [5, 5.41) is 11.4. The summed E-state index contributed by atoms with van der Waals surface area (Å²) >= 11 is 3.23. The molecule has 1 heterocycles. The summed E-state index contributed by atoms with van der Waals surface area (Å²) in [7, 11) is 0. The molecule has 0 fully saturated rings. The van der Waals surface area contributed by atoms with Gasteiger partial charge in [0.15, 0.2) is 0 Å². The molecule has 0 saturated carbocycles. The molecule has 0 radical (unpaired) electrons. The summed E-state index contributed by atoms with van der Waals surface area (Å²) in [6.45, 7) is 5.17. The van der Waals surface area contributed by atoms with E-state index in [-0.39, 0.29) is 6.42 Å². The average molecular weight is 334 g/mol. The fourth-order valence-corrected chi connectivity index (χ4v) is 1.87. The SMILES string of the molecule is CC(C)(C)OC(=O)N[C@@H](CC(=O)O)c1occc1Br. The Kier molecular flexibility index (Phi) is 4.99. The normalized spacial score (nSPS) is 12.8. The van der Waals surface area contributed by atoms with Gasteiger partial charge in [-0.05, 0) is 42.8 Å². The minimum absolute atomic E-state index is 0.300. The lowest BCUT2D eigenvalue weighted by molar-refractivity contribution is -0.137. The van der Waals surface area contributed by atoms with Gasteiger partial charge in [0.05, 0.1) is 17.2 Å². The molecule has 0 aliphatic rings. The van der Waals surface area contributed by atoms with Gasteiger partial charge in [-0.25, -0.2) is 4.79 Å². The number of aliphatic carboxylic acids is 1. The van der Waals surface area contributed by atoms with Crippen LogP contribution in [0.15, 0.2) is 21.2 Å². The molecule has 19 heavy (non-hydrogen) atoms. The van der Waals surface area contributed by atoms with E-state index < -0.39 is 23.7 Å². The van der Waals surface area contributed by atoms with Crippen molar-refractivity contribution in [3.8, 4) is 0 Å². The summed E-state index contributed by atoms with van der Waals surface area (Å²) < 4.78 is 10.9. The van der Waals surface area contributed by atoms with E-state index in [0.717, 1.165) is 0 Å². The van der Waals surface area contributed by atoms with Gasteiger partial charge in [0.2, 0.25) is 0 Å². The van der Waals surface area contributed by atoms with Gasteiger partial charge in [0.1, 0.15) is 17.4 Å². The second kappa shape index (κ2) is 6.10. The van der Waals surface area contributed by atoms with Gasteiger partial charge in [0, 0.05) is 0 Å². The summed E-state index contributed by atoms with van der Waals surface area (Å²) in [6.07, 6.45) is 0.415. The van der Waals surface area contributed by atoms with Gasteiger partial charge >= 0.3 is 12.1 Å². The standard InChI is InChI=1S/C12H16BrNO5/c1-12(2,3)19-11(17)14-8(6-9(15)16)10-7(13)4-5-18-10/h4-5,8H,6H2,1-3H3,(H,14,17)(H,15,16)/t8-/m0/s1. The second-order valence-corrected chi connectivity index (χ2v) is 5.78. The van der Waals surface area contributed by atoms with E-state index in [1.165, 1.54) is 6.26 Å². The number of rotatable bonds is 4. The number of ether oxygens (including phenoxy) is 1. The van der Waals surface area contributed by atoms with Crippen LogP contribution in [0.25, 0.3) is 0 Å². The van der Waals surface area contributed by atoms with Gasteiger partial charge in [-0.2, -0.15) is 0 Å². The molecule has 0 unspecified atom stereocenters. The Balaban J connectivity index is 2.79. The number of carbonyl (C=O) groups is 2. The Morgan fingerprint density at radius 2 is 2.16 bits per heavy atom. The minimum atomic E-state index is -1.05. The van der Waals surface area contributed by atoms with Crippen molar-refractivity contribution in [1.82, 2.24) is 5.32 Å². The molecule has 0 spiro atoms. The van der Waals surface area contributed by atoms with Crippen LogP contribution < -0.4 is 5.32 Å². The summed E-state index contributed by atoms with van der Waals surface area (Å²) in [4.78, 5) is 22.5. The number of alkyl carbamates (subject to hydrolysis) is 1. The maximum atomic E-state index is 11.7. The van der Waals surface area contributed by atoms with E-state index in [0.29, 0.717) is 10.2 Å². The number of amides is 1. The fourth-order valence-electron chi connectivity index (χ4n) is 1.39. The quantitative estimate of drug-likeness (QED) is 0.883. The van der Waals surface area contributed by atoms with Gasteiger partial charge in [-0.15, -0.1) is 0 Å². The third-order valence-corrected chi connectivity index (χ3v) is 2.69. The first-order chi connectivity index (χ1) is 8.69. The molecule has 0 aliphatic heterocycles. The molecule has 0 saturated heterocycles. The highest BCUT2D eigenvalue weighted by Gasteiger charge is 2.25. The number of halogens is 1. The molecule has 106 valence electrons. The Morgan fingerprint density at radius 3 is 2.58 bits per heavy atom. The average Bonchev–Trinajstić information content (AvgIpc) is 2.59. The van der Waals surface area contributed by atoms with Crippen molar-refractivity contribution in [1.29, 1.82) is 0 Å². The third-order valence-electron chi connectivity index (χ3n) is 2.03. The molecule has 7 heteroatoms. The molecular weight excluding hydrogens is 318 g/mol. The van der Waals surface area contributed by atoms with E-state index in [4.69, 9.17) is 14.3 Å². The maximum Gasteiger partial charge on any atom is 0.408 e. The molecule has 1 aromatic heterocycles. The molecule has 0 bridgehead atoms. The zero-order valence-corrected chi connectivity index (χ0v) is 12.5. The van der Waals surface area contributed by atoms with Crippen molar-refractivity contribution in [2.45, 2.75) is 38.8 Å². The predicted molar refractivity (Wildman–Crippen MR) is 70.8 cm³/mol. The molecule has 2 N–H and O–H groups in total. The molecule has 1 aromatic rings. The van der Waals surface area contributed by atoms with E-state index in [1.54, 1.807) is 26.8 Å². The van der Waals surface area contributed by atoms with Crippen LogP contribution in [0.2, 0.25) is 0 Å². The van der Waals surface area contributed by atoms with Crippen LogP contribution in [0, 0.1) is 0 Å². The van der Waals surface area contributed by atoms with Gasteiger partial charge < -0.3 is 19.6 Å². The van der Waals surface area contributed by atoms with Crippen LogP contribution in [0.3, 0.4) is 0 Å². The lowest BCUT2D eigenvalue weighted by Crippen LogP contribution is -2.35. The van der Waals surface area contributed by atoms with Gasteiger partial charge in [-0.1, -0.05) is 0 Å². The van der Waals surface area contributed by atoms with Crippen LogP contribution in [0.4, 0.5) is 4.79 Å². The van der Waals surface area contributed by atoms with Crippen molar-refractivity contribution in [2.75, 3.05) is 0 Å². The number of hydrogen-bond acceptors (Lipinski definition) is 4. The van der Waals surface area contributed by atoms with Crippen LogP contribution in [0.1, 0.15) is 39.0 Å². The molecular formula is C12H16BrNO5. The number of furan rings is 1. The molecule has 6 nitrogen and oxygen atoms in total. The van der Waals surface area contributed by atoms with Crippen LogP contribution in [-0.2, 0) is 9.53 Å². The molecule has 1 rings (SSSR count). The number of carbonyl (C=O) groups excluding carboxylic acids is 1. The Bertz CT molecular complexity index is 463. The topological polar surface area (TPSA) is 88.8 Å². The van der Waals surface area contributed by atoms with Crippen LogP contribution >= 0.6 is 15.9 Å². The van der Waals surface area contributed by atoms with E-state index in [1.807, 2.05) is 0 Å². The largest absolute Gasteiger partial charge is 0.481 e. The first-order valence-corrected chi connectivity index (χ1v) is 6.42. The molecule has 0 aliphatic carbocycles. The summed E-state index contributed by atoms with van der Waals surface area (Å²) in [5.41, 5.74) is -0.655. The molecule has 0 aromatic carbocycles. The van der Waals surface area contributed by atoms with E-state index in [2.05, 4.69) is 21.2 Å². The first kappa shape index (κ1) is 15.6. The van der Waals surface area contributed by atoms with Crippen molar-refractivity contribution >= 4 is 28.0 Å². The highest BCUT2D eigenvalue weighted by Crippen LogP contribution is 2.27. The number of nitrogens with one attached hydrogen (secondary N) is 1. The van der Waals surface area contributed by atoms with Crippen molar-refractivity contribution in [3.05, 3.63) is 22.6 Å².